The molecule has 8 N–H and O–H groups in total. The van der Waals surface area contributed by atoms with E-state index < -0.39 is 70.4 Å². The molecule has 14 heteroatoms. The second-order valence-corrected chi connectivity index (χ2v) is 8.61. The van der Waals surface area contributed by atoms with E-state index in [2.05, 4.69) is 9.97 Å². The number of aromatic hydroxyl groups is 4. The maximum Gasteiger partial charge on any atom is 0.317 e. The number of rotatable bonds is 11. The van der Waals surface area contributed by atoms with Gasteiger partial charge in [-0.25, -0.2) is 0 Å². The maximum absolute atomic E-state index is 12.2. The molecule has 0 bridgehead atoms. The lowest BCUT2D eigenvalue weighted by Crippen LogP contribution is -2.23. The van der Waals surface area contributed by atoms with E-state index in [-0.39, 0.29) is 11.1 Å². The first-order chi connectivity index (χ1) is 14.0. The van der Waals surface area contributed by atoms with Crippen molar-refractivity contribution in [2.75, 3.05) is 0 Å². The van der Waals surface area contributed by atoms with E-state index in [1.807, 2.05) is 0 Å². The van der Waals surface area contributed by atoms with Crippen molar-refractivity contribution in [3.05, 3.63) is 23.3 Å². The van der Waals surface area contributed by atoms with E-state index in [9.17, 15) is 49.8 Å². The molecule has 0 saturated carbocycles. The van der Waals surface area contributed by atoms with E-state index in [4.69, 9.17) is 0 Å². The molecule has 30 heavy (non-hydrogen) atoms. The predicted molar refractivity (Wildman–Crippen MR) is 104 cm³/mol. The lowest BCUT2D eigenvalue weighted by molar-refractivity contribution is -0.137. The van der Waals surface area contributed by atoms with Crippen LogP contribution in [0.15, 0.2) is 12.1 Å². The number of H-pyrrole nitrogens is 2. The quantitative estimate of drug-likeness (QED) is 0.175. The largest absolute Gasteiger partial charge is 0.494 e. The highest BCUT2D eigenvalue weighted by Crippen LogP contribution is 2.37. The third-order valence-corrected chi connectivity index (χ3v) is 6.79. The Morgan fingerprint density at radius 1 is 0.733 bits per heavy atom. The maximum atomic E-state index is 12.2. The second-order valence-electron chi connectivity index (χ2n) is 5.93. The minimum absolute atomic E-state index is 0.322. The molecule has 2 rings (SSSR count). The summed E-state index contributed by atoms with van der Waals surface area (Å²) in [5.74, 6) is -6.72. The summed E-state index contributed by atoms with van der Waals surface area (Å²) < 4.78 is 0. The van der Waals surface area contributed by atoms with Crippen molar-refractivity contribution < 1.29 is 49.8 Å². The van der Waals surface area contributed by atoms with Crippen LogP contribution >= 0.6 is 21.6 Å². The van der Waals surface area contributed by atoms with Gasteiger partial charge in [-0.2, -0.15) is 0 Å². The summed E-state index contributed by atoms with van der Waals surface area (Å²) in [5.41, 5.74) is -0.644. The lowest BCUT2D eigenvalue weighted by atomic mass is 10.1. The molecule has 0 aliphatic carbocycles. The van der Waals surface area contributed by atoms with Crippen molar-refractivity contribution in [2.45, 2.75) is 23.3 Å². The van der Waals surface area contributed by atoms with E-state index in [0.29, 0.717) is 21.6 Å². The molecule has 2 aromatic heterocycles. The number of aliphatic carboxylic acids is 2. The van der Waals surface area contributed by atoms with E-state index in [1.165, 1.54) is 0 Å². The van der Waals surface area contributed by atoms with Crippen LogP contribution in [0.5, 0.6) is 23.5 Å². The van der Waals surface area contributed by atoms with Crippen molar-refractivity contribution in [1.29, 1.82) is 0 Å². The summed E-state index contributed by atoms with van der Waals surface area (Å²) >= 11 is 0. The van der Waals surface area contributed by atoms with Gasteiger partial charge < -0.3 is 30.6 Å². The zero-order valence-corrected chi connectivity index (χ0v) is 16.5. The highest BCUT2D eigenvalue weighted by atomic mass is 33.1. The number of carboxylic acid groups (broad SMARTS) is 2. The predicted octanol–water partition coefficient (Wildman–Crippen LogP) is 1.30. The standard InChI is InChI=1S/C16H16N2O10S2/c19-7(5-1-11(21)17-13(5)23)3-9(15(25)26)29-30-10(16(27)28)4-8(20)6-2-12(22)18-14(6)24/h1-2,9-10,17-18,21-24H,3-4H2,(H,25,26)(H,27,28). The Kier molecular flexibility index (Phi) is 7.28. The molecule has 2 heterocycles. The second kappa shape index (κ2) is 9.49. The van der Waals surface area contributed by atoms with E-state index >= 15 is 0 Å². The van der Waals surface area contributed by atoms with Gasteiger partial charge in [-0.05, 0) is 0 Å². The van der Waals surface area contributed by atoms with Crippen LogP contribution in [0.25, 0.3) is 0 Å². The van der Waals surface area contributed by atoms with Crippen LogP contribution in [0, 0.1) is 0 Å². The van der Waals surface area contributed by atoms with Gasteiger partial charge in [0.1, 0.15) is 10.5 Å². The summed E-state index contributed by atoms with van der Waals surface area (Å²) in [6.45, 7) is 0. The Morgan fingerprint density at radius 3 is 1.30 bits per heavy atom. The summed E-state index contributed by atoms with van der Waals surface area (Å²) in [4.78, 5) is 51.4. The van der Waals surface area contributed by atoms with E-state index in [1.54, 1.807) is 0 Å². The SMILES string of the molecule is O=C(CC(SSC(CC(=O)c1cc(O)[nH]c1O)C(=O)O)C(=O)O)c1cc(O)[nH]c1O. The molecule has 0 saturated heterocycles. The van der Waals surface area contributed by atoms with Gasteiger partial charge in [-0.1, -0.05) is 21.6 Å². The molecule has 0 spiro atoms. The number of hydrogen-bond acceptors (Lipinski definition) is 10. The van der Waals surface area contributed by atoms with Crippen molar-refractivity contribution >= 4 is 45.1 Å². The third-order valence-electron chi connectivity index (χ3n) is 3.75. The molecule has 12 nitrogen and oxygen atoms in total. The normalized spacial score (nSPS) is 12.9. The molecule has 2 aromatic rings. The number of hydrogen-bond donors (Lipinski definition) is 8. The number of Topliss-reactive ketones (excluding diaryl/α,β-unsaturated/α-hetero) is 2. The Hall–Kier alpha value is -3.26. The van der Waals surface area contributed by atoms with Gasteiger partial charge in [-0.15, -0.1) is 0 Å². The van der Waals surface area contributed by atoms with Crippen LogP contribution in [0.1, 0.15) is 33.6 Å². The van der Waals surface area contributed by atoms with Crippen molar-refractivity contribution in [3.63, 3.8) is 0 Å². The Bertz CT molecular complexity index is 905. The monoisotopic (exact) mass is 460 g/mol. The fraction of sp³-hybridized carbons (Fsp3) is 0.250. The van der Waals surface area contributed by atoms with Crippen LogP contribution in [-0.2, 0) is 9.59 Å². The molecule has 0 aromatic carbocycles. The number of carbonyl (C=O) groups is 4. The third kappa shape index (κ3) is 5.64. The first kappa shape index (κ1) is 23.0. The van der Waals surface area contributed by atoms with Gasteiger partial charge in [0.05, 0.1) is 11.1 Å². The average molecular weight is 460 g/mol. The van der Waals surface area contributed by atoms with Gasteiger partial charge in [-0.3, -0.25) is 29.1 Å². The van der Waals surface area contributed by atoms with Crippen LogP contribution in [0.2, 0.25) is 0 Å². The van der Waals surface area contributed by atoms with Crippen LogP contribution in [0.4, 0.5) is 0 Å². The number of aromatic amines is 2. The van der Waals surface area contributed by atoms with Gasteiger partial charge >= 0.3 is 11.9 Å². The number of aromatic nitrogens is 2. The summed E-state index contributed by atoms with van der Waals surface area (Å²) in [6, 6.07) is 1.84. The first-order valence-electron chi connectivity index (χ1n) is 8.05. The van der Waals surface area contributed by atoms with Crippen molar-refractivity contribution in [1.82, 2.24) is 9.97 Å². The molecule has 0 aliphatic heterocycles. The van der Waals surface area contributed by atoms with Crippen LogP contribution in [0.3, 0.4) is 0 Å². The molecule has 0 fully saturated rings. The summed E-state index contributed by atoms with van der Waals surface area (Å²) in [5, 5.41) is 53.3. The van der Waals surface area contributed by atoms with Gasteiger partial charge in [0.25, 0.3) is 0 Å². The van der Waals surface area contributed by atoms with Crippen LogP contribution in [-0.4, -0.2) is 74.6 Å². The fourth-order valence-electron chi connectivity index (χ4n) is 2.30. The number of ketones is 2. The topological polar surface area (TPSA) is 221 Å². The van der Waals surface area contributed by atoms with Crippen LogP contribution < -0.4 is 0 Å². The van der Waals surface area contributed by atoms with Crippen molar-refractivity contribution in [2.24, 2.45) is 0 Å². The molecule has 162 valence electrons. The Labute approximate surface area is 175 Å². The zero-order valence-electron chi connectivity index (χ0n) is 14.9. The Morgan fingerprint density at radius 2 is 1.07 bits per heavy atom. The molecule has 2 atom stereocenters. The number of nitrogens with one attached hydrogen (secondary N) is 2. The molecular weight excluding hydrogens is 444 g/mol. The molecule has 2 unspecified atom stereocenters. The van der Waals surface area contributed by atoms with Gasteiger partial charge in [0.2, 0.25) is 11.8 Å². The average Bonchev–Trinajstić information content (AvgIpc) is 3.16. The van der Waals surface area contributed by atoms with Gasteiger partial charge in [0.15, 0.2) is 23.3 Å². The van der Waals surface area contributed by atoms with E-state index in [0.717, 1.165) is 12.1 Å². The van der Waals surface area contributed by atoms with Crippen molar-refractivity contribution in [3.8, 4) is 23.5 Å². The zero-order chi connectivity index (χ0) is 22.6. The van der Waals surface area contributed by atoms with Gasteiger partial charge in [0, 0.05) is 25.0 Å². The summed E-state index contributed by atoms with van der Waals surface area (Å²) in [7, 11) is 1.08. The molecular formula is C16H16N2O10S2. The summed E-state index contributed by atoms with van der Waals surface area (Å²) in [6.07, 6.45) is -1.24. The number of carboxylic acids is 2. The highest BCUT2D eigenvalue weighted by molar-refractivity contribution is 8.77. The first-order valence-corrected chi connectivity index (χ1v) is 10.3. The molecule has 0 amide bonds. The Balaban J connectivity index is 2.04. The lowest BCUT2D eigenvalue weighted by Gasteiger charge is -2.14. The highest BCUT2D eigenvalue weighted by Gasteiger charge is 2.30. The molecule has 0 aliphatic rings. The fourth-order valence-corrected chi connectivity index (χ4v) is 4.88. The molecule has 0 radical (unpaired) electrons. The minimum atomic E-state index is -1.43. The minimum Gasteiger partial charge on any atom is -0.494 e. The smallest absolute Gasteiger partial charge is 0.317 e. The number of carbonyl (C=O) groups excluding carboxylic acids is 2.